The van der Waals surface area contributed by atoms with Crippen LogP contribution < -0.4 is 9.47 Å². The molecule has 0 radical (unpaired) electrons. The summed E-state index contributed by atoms with van der Waals surface area (Å²) in [7, 11) is 0. The smallest absolute Gasteiger partial charge is 0.467 e. The molecule has 0 atom stereocenters. The minimum atomic E-state index is -4.73. The highest BCUT2D eigenvalue weighted by Crippen LogP contribution is 2.34. The number of hydrogen-bond acceptors (Lipinski definition) is 6. The van der Waals surface area contributed by atoms with Gasteiger partial charge in [-0.15, -0.1) is 13.2 Å². The van der Waals surface area contributed by atoms with Gasteiger partial charge in [-0.3, -0.25) is 0 Å². The number of aryl methyl sites for hydroxylation is 1. The van der Waals surface area contributed by atoms with Crippen molar-refractivity contribution >= 4 is 11.0 Å². The van der Waals surface area contributed by atoms with Crippen molar-refractivity contribution in [2.75, 3.05) is 0 Å². The van der Waals surface area contributed by atoms with Gasteiger partial charge in [0.2, 0.25) is 0 Å². The molecule has 2 aromatic heterocycles. The zero-order valence-corrected chi connectivity index (χ0v) is 15.1. The van der Waals surface area contributed by atoms with Gasteiger partial charge in [-0.1, -0.05) is 12.1 Å². The first kappa shape index (κ1) is 18.7. The first-order chi connectivity index (χ1) is 13.9. The number of hydrogen-bond donors (Lipinski definition) is 0. The third kappa shape index (κ3) is 4.29. The van der Waals surface area contributed by atoms with Crippen molar-refractivity contribution in [1.29, 1.82) is 0 Å². The minimum Gasteiger partial charge on any atom is -0.467 e. The Kier molecular flexibility index (Phi) is 4.79. The predicted octanol–water partition coefficient (Wildman–Crippen LogP) is 5.07. The Morgan fingerprint density at radius 3 is 2.55 bits per heavy atom. The number of aromatic nitrogens is 3. The van der Waals surface area contributed by atoms with Crippen molar-refractivity contribution in [3.63, 3.8) is 0 Å². The fraction of sp³-hybridized carbons (Fsp3) is 0.150. The zero-order valence-electron chi connectivity index (χ0n) is 15.1. The number of rotatable bonds is 5. The van der Waals surface area contributed by atoms with E-state index in [-0.39, 0.29) is 18.2 Å². The lowest BCUT2D eigenvalue weighted by Crippen LogP contribution is -2.17. The molecule has 0 aliphatic heterocycles. The number of benzene rings is 2. The molecule has 2 heterocycles. The van der Waals surface area contributed by atoms with Crippen molar-refractivity contribution in [2.45, 2.75) is 19.9 Å². The molecule has 0 aliphatic rings. The maximum absolute atomic E-state index is 12.4. The van der Waals surface area contributed by atoms with Crippen molar-refractivity contribution in [1.82, 2.24) is 15.1 Å². The summed E-state index contributed by atoms with van der Waals surface area (Å²) in [5, 5.41) is 4.56. The van der Waals surface area contributed by atoms with Crippen molar-refractivity contribution < 1.29 is 27.2 Å². The minimum absolute atomic E-state index is 0.120. The van der Waals surface area contributed by atoms with E-state index in [0.29, 0.717) is 22.4 Å². The third-order valence-corrected chi connectivity index (χ3v) is 4.14. The highest BCUT2D eigenvalue weighted by molar-refractivity contribution is 5.87. The second-order valence-corrected chi connectivity index (χ2v) is 6.18. The first-order valence-electron chi connectivity index (χ1n) is 8.54. The lowest BCUT2D eigenvalue weighted by molar-refractivity contribution is -0.274. The topological polar surface area (TPSA) is 70.3 Å². The third-order valence-electron chi connectivity index (χ3n) is 4.14. The second-order valence-electron chi connectivity index (χ2n) is 6.18. The Balaban J connectivity index is 1.61. The summed E-state index contributed by atoms with van der Waals surface area (Å²) in [6.45, 7) is 1.83. The van der Waals surface area contributed by atoms with Crippen LogP contribution >= 0.6 is 0 Å². The first-order valence-corrected chi connectivity index (χ1v) is 8.54. The molecule has 2 aromatic carbocycles. The van der Waals surface area contributed by atoms with Crippen LogP contribution in [0.1, 0.15) is 11.4 Å². The fourth-order valence-electron chi connectivity index (χ4n) is 2.88. The van der Waals surface area contributed by atoms with E-state index in [0.717, 1.165) is 11.1 Å². The summed E-state index contributed by atoms with van der Waals surface area (Å²) in [5.74, 6) is 0.511. The van der Waals surface area contributed by atoms with Gasteiger partial charge in [0.25, 0.3) is 5.88 Å². The Bertz CT molecular complexity index is 1140. The van der Waals surface area contributed by atoms with Crippen LogP contribution in [0.4, 0.5) is 13.2 Å². The fourth-order valence-corrected chi connectivity index (χ4v) is 2.88. The van der Waals surface area contributed by atoms with Crippen LogP contribution in [0.25, 0.3) is 22.1 Å². The van der Waals surface area contributed by atoms with Crippen molar-refractivity contribution in [2.24, 2.45) is 0 Å². The lowest BCUT2D eigenvalue weighted by atomic mass is 9.99. The Morgan fingerprint density at radius 2 is 1.83 bits per heavy atom. The van der Waals surface area contributed by atoms with Gasteiger partial charge < -0.3 is 14.0 Å². The Labute approximate surface area is 162 Å². The number of fused-ring (bicyclic) bond motifs is 1. The van der Waals surface area contributed by atoms with E-state index in [4.69, 9.17) is 9.26 Å². The van der Waals surface area contributed by atoms with E-state index in [2.05, 4.69) is 19.9 Å². The SMILES string of the molecule is Cc1cc(OC(F)(F)F)ccc1-c1ccc2onc(OCc3ncccn3)c2c1. The van der Waals surface area contributed by atoms with Crippen molar-refractivity contribution in [3.8, 4) is 22.8 Å². The average Bonchev–Trinajstić information content (AvgIpc) is 3.08. The molecule has 0 saturated heterocycles. The van der Waals surface area contributed by atoms with E-state index < -0.39 is 6.36 Å². The van der Waals surface area contributed by atoms with Gasteiger partial charge >= 0.3 is 6.36 Å². The summed E-state index contributed by atoms with van der Waals surface area (Å²) in [6.07, 6.45) is -1.51. The molecule has 0 saturated carbocycles. The Morgan fingerprint density at radius 1 is 1.03 bits per heavy atom. The maximum Gasteiger partial charge on any atom is 0.573 e. The average molecular weight is 401 g/mol. The maximum atomic E-state index is 12.4. The number of alkyl halides is 3. The molecule has 0 aliphatic carbocycles. The van der Waals surface area contributed by atoms with E-state index in [1.165, 1.54) is 12.1 Å². The van der Waals surface area contributed by atoms with E-state index in [1.54, 1.807) is 49.6 Å². The van der Waals surface area contributed by atoms with Gasteiger partial charge in [0.1, 0.15) is 12.4 Å². The normalized spacial score (nSPS) is 11.6. The largest absolute Gasteiger partial charge is 0.573 e. The summed E-state index contributed by atoms with van der Waals surface area (Å²) in [5.41, 5.74) is 2.67. The highest BCUT2D eigenvalue weighted by atomic mass is 19.4. The molecule has 0 amide bonds. The van der Waals surface area contributed by atoms with Crippen LogP contribution in [-0.2, 0) is 6.61 Å². The lowest BCUT2D eigenvalue weighted by Gasteiger charge is -2.12. The summed E-state index contributed by atoms with van der Waals surface area (Å²) in [6, 6.07) is 11.2. The summed E-state index contributed by atoms with van der Waals surface area (Å²) >= 11 is 0. The van der Waals surface area contributed by atoms with E-state index in [9.17, 15) is 13.2 Å². The van der Waals surface area contributed by atoms with Gasteiger partial charge in [-0.05, 0) is 59.1 Å². The van der Waals surface area contributed by atoms with Crippen LogP contribution in [0.15, 0.2) is 59.4 Å². The molecule has 4 rings (SSSR count). The van der Waals surface area contributed by atoms with Gasteiger partial charge in [0.15, 0.2) is 11.4 Å². The van der Waals surface area contributed by atoms with Crippen LogP contribution in [0, 0.1) is 6.92 Å². The monoisotopic (exact) mass is 401 g/mol. The van der Waals surface area contributed by atoms with Gasteiger partial charge in [0.05, 0.1) is 5.39 Å². The molecule has 0 unspecified atom stereocenters. The predicted molar refractivity (Wildman–Crippen MR) is 97.2 cm³/mol. The van der Waals surface area contributed by atoms with Gasteiger partial charge in [0, 0.05) is 12.4 Å². The number of ether oxygens (including phenoxy) is 2. The van der Waals surface area contributed by atoms with Crippen molar-refractivity contribution in [3.05, 3.63) is 66.2 Å². The van der Waals surface area contributed by atoms with Crippen LogP contribution in [-0.4, -0.2) is 21.5 Å². The highest BCUT2D eigenvalue weighted by Gasteiger charge is 2.31. The molecule has 0 fully saturated rings. The second kappa shape index (κ2) is 7.42. The summed E-state index contributed by atoms with van der Waals surface area (Å²) in [4.78, 5) is 8.16. The summed E-state index contributed by atoms with van der Waals surface area (Å²) < 4.78 is 52.1. The molecule has 29 heavy (non-hydrogen) atoms. The van der Waals surface area contributed by atoms with Crippen LogP contribution in [0.2, 0.25) is 0 Å². The van der Waals surface area contributed by atoms with Gasteiger partial charge in [-0.2, -0.15) is 0 Å². The quantitative estimate of drug-likeness (QED) is 0.465. The standard InChI is InChI=1S/C20H14F3N3O3/c1-12-9-14(28-20(21,22)23)4-5-15(12)13-3-6-17-16(10-13)19(26-29-17)27-11-18-24-7-2-8-25-18/h2-10H,11H2,1H3. The molecule has 4 aromatic rings. The molecule has 0 N–H and O–H groups in total. The number of nitrogens with zero attached hydrogens (tertiary/aromatic N) is 3. The van der Waals surface area contributed by atoms with Crippen LogP contribution in [0.5, 0.6) is 11.6 Å². The molecule has 6 nitrogen and oxygen atoms in total. The molecule has 0 bridgehead atoms. The Hall–Kier alpha value is -3.62. The molecular formula is C20H14F3N3O3. The number of halogens is 3. The molecular weight excluding hydrogens is 387 g/mol. The van der Waals surface area contributed by atoms with Gasteiger partial charge in [-0.25, -0.2) is 9.97 Å². The van der Waals surface area contributed by atoms with E-state index in [1.807, 2.05) is 0 Å². The van der Waals surface area contributed by atoms with E-state index >= 15 is 0 Å². The molecule has 148 valence electrons. The molecule has 9 heteroatoms. The zero-order chi connectivity index (χ0) is 20.4. The van der Waals surface area contributed by atoms with Crippen LogP contribution in [0.3, 0.4) is 0 Å². The molecule has 0 spiro atoms.